The number of carbonyl (C=O) groups excluding carboxylic acids is 1. The van der Waals surface area contributed by atoms with Crippen LogP contribution in [0, 0.1) is 17.8 Å². The van der Waals surface area contributed by atoms with E-state index in [1.54, 1.807) is 0 Å². The van der Waals surface area contributed by atoms with E-state index in [-0.39, 0.29) is 11.8 Å². The van der Waals surface area contributed by atoms with Gasteiger partial charge in [-0.05, 0) is 31.2 Å². The third kappa shape index (κ3) is 5.53. The van der Waals surface area contributed by atoms with Crippen molar-refractivity contribution in [3.05, 3.63) is 0 Å². The van der Waals surface area contributed by atoms with Crippen molar-refractivity contribution in [2.75, 3.05) is 19.6 Å². The number of hydrogen-bond acceptors (Lipinski definition) is 2. The van der Waals surface area contributed by atoms with E-state index >= 15 is 0 Å². The highest BCUT2D eigenvalue weighted by molar-refractivity contribution is 5.78. The maximum atomic E-state index is 11.8. The van der Waals surface area contributed by atoms with Crippen LogP contribution in [0.4, 0.5) is 0 Å². The molecule has 1 saturated carbocycles. The van der Waals surface area contributed by atoms with E-state index in [4.69, 9.17) is 0 Å². The van der Waals surface area contributed by atoms with Crippen LogP contribution in [0.25, 0.3) is 0 Å². The molecule has 0 aromatic rings. The summed E-state index contributed by atoms with van der Waals surface area (Å²) in [6.07, 6.45) is 5.25. The van der Waals surface area contributed by atoms with Gasteiger partial charge in [-0.2, -0.15) is 0 Å². The zero-order valence-electron chi connectivity index (χ0n) is 11.6. The maximum absolute atomic E-state index is 11.8. The maximum Gasteiger partial charge on any atom is 0.224 e. The summed E-state index contributed by atoms with van der Waals surface area (Å²) in [5.41, 5.74) is 0. The van der Waals surface area contributed by atoms with Gasteiger partial charge in [-0.3, -0.25) is 4.79 Å². The van der Waals surface area contributed by atoms with Crippen molar-refractivity contribution >= 4 is 5.91 Å². The Morgan fingerprint density at radius 3 is 2.82 bits per heavy atom. The van der Waals surface area contributed by atoms with Gasteiger partial charge in [-0.15, -0.1) is 0 Å². The van der Waals surface area contributed by atoms with Crippen molar-refractivity contribution in [1.29, 1.82) is 0 Å². The van der Waals surface area contributed by atoms with Gasteiger partial charge in [-0.25, -0.2) is 0 Å². The molecule has 0 heterocycles. The molecule has 1 aliphatic carbocycles. The Hall–Kier alpha value is -0.570. The van der Waals surface area contributed by atoms with Crippen LogP contribution in [0.1, 0.15) is 46.5 Å². The molecule has 100 valence electrons. The van der Waals surface area contributed by atoms with E-state index in [1.807, 2.05) is 6.92 Å². The first-order valence-electron chi connectivity index (χ1n) is 7.11. The van der Waals surface area contributed by atoms with Crippen LogP contribution >= 0.6 is 0 Å². The number of hydrogen-bond donors (Lipinski definition) is 2. The van der Waals surface area contributed by atoms with E-state index in [1.165, 1.54) is 25.7 Å². The van der Waals surface area contributed by atoms with Crippen molar-refractivity contribution in [2.45, 2.75) is 46.5 Å². The van der Waals surface area contributed by atoms with Gasteiger partial charge in [0.25, 0.3) is 0 Å². The highest BCUT2D eigenvalue weighted by atomic mass is 16.1. The average Bonchev–Trinajstić information content (AvgIpc) is 2.33. The molecule has 3 unspecified atom stereocenters. The second kappa shape index (κ2) is 7.70. The molecule has 2 N–H and O–H groups in total. The van der Waals surface area contributed by atoms with Gasteiger partial charge in [0.05, 0.1) is 0 Å². The summed E-state index contributed by atoms with van der Waals surface area (Å²) in [4.78, 5) is 11.8. The largest absolute Gasteiger partial charge is 0.356 e. The molecule has 3 atom stereocenters. The van der Waals surface area contributed by atoms with Gasteiger partial charge in [0.2, 0.25) is 5.91 Å². The second-order valence-electron chi connectivity index (χ2n) is 5.59. The zero-order chi connectivity index (χ0) is 12.7. The van der Waals surface area contributed by atoms with Crippen molar-refractivity contribution in [2.24, 2.45) is 17.8 Å². The summed E-state index contributed by atoms with van der Waals surface area (Å²) < 4.78 is 0. The fourth-order valence-corrected chi connectivity index (χ4v) is 2.62. The van der Waals surface area contributed by atoms with Crippen LogP contribution in [-0.4, -0.2) is 25.5 Å². The van der Waals surface area contributed by atoms with Gasteiger partial charge in [0.15, 0.2) is 0 Å². The monoisotopic (exact) mass is 240 g/mol. The van der Waals surface area contributed by atoms with Crippen LogP contribution in [0.3, 0.4) is 0 Å². The first kappa shape index (κ1) is 14.5. The van der Waals surface area contributed by atoms with E-state index < -0.39 is 0 Å². The Morgan fingerprint density at radius 2 is 2.18 bits per heavy atom. The lowest BCUT2D eigenvalue weighted by molar-refractivity contribution is -0.124. The van der Waals surface area contributed by atoms with E-state index in [0.29, 0.717) is 5.92 Å². The number of nitrogens with one attached hydrogen (secondary N) is 2. The summed E-state index contributed by atoms with van der Waals surface area (Å²) in [7, 11) is 0. The molecule has 0 aromatic heterocycles. The van der Waals surface area contributed by atoms with Gasteiger partial charge in [-0.1, -0.05) is 33.6 Å². The van der Waals surface area contributed by atoms with Crippen molar-refractivity contribution in [1.82, 2.24) is 10.6 Å². The molecule has 3 heteroatoms. The second-order valence-corrected chi connectivity index (χ2v) is 5.59. The highest BCUT2D eigenvalue weighted by Gasteiger charge is 2.20. The molecule has 0 aliphatic heterocycles. The predicted molar refractivity (Wildman–Crippen MR) is 71.8 cm³/mol. The van der Waals surface area contributed by atoms with Gasteiger partial charge < -0.3 is 10.6 Å². The molecule has 0 radical (unpaired) electrons. The van der Waals surface area contributed by atoms with Gasteiger partial charge >= 0.3 is 0 Å². The summed E-state index contributed by atoms with van der Waals surface area (Å²) in [5, 5.41) is 6.32. The molecule has 0 bridgehead atoms. The first-order valence-corrected chi connectivity index (χ1v) is 7.11. The number of amides is 1. The van der Waals surface area contributed by atoms with Crippen LogP contribution in [0.2, 0.25) is 0 Å². The Morgan fingerprint density at radius 1 is 1.41 bits per heavy atom. The topological polar surface area (TPSA) is 41.1 Å². The first-order chi connectivity index (χ1) is 8.13. The molecule has 0 aromatic carbocycles. The lowest BCUT2D eigenvalue weighted by Gasteiger charge is -2.27. The quantitative estimate of drug-likeness (QED) is 0.747. The van der Waals surface area contributed by atoms with Gasteiger partial charge in [0, 0.05) is 19.0 Å². The third-order valence-electron chi connectivity index (χ3n) is 3.76. The Bertz CT molecular complexity index is 230. The van der Waals surface area contributed by atoms with Crippen molar-refractivity contribution in [3.8, 4) is 0 Å². The molecule has 17 heavy (non-hydrogen) atoms. The van der Waals surface area contributed by atoms with Crippen LogP contribution in [-0.2, 0) is 4.79 Å². The summed E-state index contributed by atoms with van der Waals surface area (Å²) in [5.74, 6) is 1.82. The fourth-order valence-electron chi connectivity index (χ4n) is 2.62. The van der Waals surface area contributed by atoms with E-state index in [9.17, 15) is 4.79 Å². The summed E-state index contributed by atoms with van der Waals surface area (Å²) in [6, 6.07) is 0. The molecular weight excluding hydrogens is 212 g/mol. The predicted octanol–water partition coefficient (Wildman–Crippen LogP) is 2.17. The molecular formula is C14H28N2O. The molecule has 0 saturated heterocycles. The molecule has 1 fully saturated rings. The minimum atomic E-state index is 0.0796. The van der Waals surface area contributed by atoms with E-state index in [0.717, 1.165) is 25.6 Å². The smallest absolute Gasteiger partial charge is 0.224 e. The SMILES string of the molecule is CCNCC(C)C(=O)NCC1CCCC(C)C1. The Kier molecular flexibility index (Phi) is 6.56. The zero-order valence-corrected chi connectivity index (χ0v) is 11.6. The standard InChI is InChI=1S/C14H28N2O/c1-4-15-9-12(3)14(17)16-10-13-7-5-6-11(2)8-13/h11-13,15H,4-10H2,1-3H3,(H,16,17). The van der Waals surface area contributed by atoms with Crippen LogP contribution in [0.5, 0.6) is 0 Å². The summed E-state index contributed by atoms with van der Waals surface area (Å²) in [6.45, 7) is 8.96. The lowest BCUT2D eigenvalue weighted by atomic mass is 9.82. The van der Waals surface area contributed by atoms with Crippen LogP contribution < -0.4 is 10.6 Å². The van der Waals surface area contributed by atoms with Crippen LogP contribution in [0.15, 0.2) is 0 Å². The van der Waals surface area contributed by atoms with Crippen molar-refractivity contribution in [3.63, 3.8) is 0 Å². The normalized spacial score (nSPS) is 26.5. The molecule has 1 rings (SSSR count). The molecule has 1 aliphatic rings. The minimum Gasteiger partial charge on any atom is -0.356 e. The minimum absolute atomic E-state index is 0.0796. The molecule has 1 amide bonds. The third-order valence-corrected chi connectivity index (χ3v) is 3.76. The number of rotatable bonds is 6. The molecule has 3 nitrogen and oxygen atoms in total. The van der Waals surface area contributed by atoms with Gasteiger partial charge in [0.1, 0.15) is 0 Å². The fraction of sp³-hybridized carbons (Fsp3) is 0.929. The summed E-state index contributed by atoms with van der Waals surface area (Å²) >= 11 is 0. The molecule has 0 spiro atoms. The average molecular weight is 240 g/mol. The van der Waals surface area contributed by atoms with Crippen molar-refractivity contribution < 1.29 is 4.79 Å². The number of carbonyl (C=O) groups is 1. The highest BCUT2D eigenvalue weighted by Crippen LogP contribution is 2.27. The van der Waals surface area contributed by atoms with E-state index in [2.05, 4.69) is 24.5 Å². The Balaban J connectivity index is 2.18. The Labute approximate surface area is 106 Å². The lowest BCUT2D eigenvalue weighted by Crippen LogP contribution is -2.38.